The molecule has 1 fully saturated rings. The first-order chi connectivity index (χ1) is 11.5. The van der Waals surface area contributed by atoms with Gasteiger partial charge in [-0.05, 0) is 37.6 Å². The van der Waals surface area contributed by atoms with E-state index >= 15 is 0 Å². The predicted octanol–water partition coefficient (Wildman–Crippen LogP) is 3.26. The topological polar surface area (TPSA) is 40.6 Å². The minimum Gasteiger partial charge on any atom is -0.352 e. The second-order valence-corrected chi connectivity index (χ2v) is 7.13. The van der Waals surface area contributed by atoms with Gasteiger partial charge in [0, 0.05) is 16.8 Å². The van der Waals surface area contributed by atoms with Crippen LogP contribution in [-0.4, -0.2) is 36.9 Å². The van der Waals surface area contributed by atoms with Gasteiger partial charge < -0.3 is 4.90 Å². The molecule has 2 amide bonds. The van der Waals surface area contributed by atoms with Crippen LogP contribution in [0.2, 0.25) is 0 Å². The number of amides is 2. The molecule has 0 atom stereocenters. The molecule has 1 aliphatic rings. The number of rotatable bonds is 3. The lowest BCUT2D eigenvalue weighted by Gasteiger charge is -2.33. The molecule has 1 saturated heterocycles. The van der Waals surface area contributed by atoms with Gasteiger partial charge in [0.15, 0.2) is 0 Å². The zero-order chi connectivity index (χ0) is 17.3. The van der Waals surface area contributed by atoms with Crippen molar-refractivity contribution in [2.24, 2.45) is 0 Å². The SMILES string of the molecule is Cc1ccc(Sc2ccccc2N2CC(=O)N(C)C(=O)C2)c(C)c1. The van der Waals surface area contributed by atoms with Crippen molar-refractivity contribution in [3.8, 4) is 0 Å². The summed E-state index contributed by atoms with van der Waals surface area (Å²) in [7, 11) is 1.54. The van der Waals surface area contributed by atoms with Gasteiger partial charge in [0.25, 0.3) is 0 Å². The smallest absolute Gasteiger partial charge is 0.248 e. The predicted molar refractivity (Wildman–Crippen MR) is 96.5 cm³/mol. The third kappa shape index (κ3) is 3.31. The maximum atomic E-state index is 12.0. The molecule has 2 aromatic carbocycles. The molecule has 0 spiro atoms. The number of carbonyl (C=O) groups excluding carboxylic acids is 2. The summed E-state index contributed by atoms with van der Waals surface area (Å²) in [6.07, 6.45) is 0. The number of piperazine rings is 1. The fourth-order valence-corrected chi connectivity index (χ4v) is 3.78. The Kier molecular flexibility index (Phi) is 4.62. The molecule has 0 unspecified atom stereocenters. The van der Waals surface area contributed by atoms with Crippen molar-refractivity contribution in [3.63, 3.8) is 0 Å². The molecular weight excluding hydrogens is 320 g/mol. The number of para-hydroxylation sites is 1. The Bertz CT molecular complexity index is 786. The van der Waals surface area contributed by atoms with Gasteiger partial charge in [-0.25, -0.2) is 0 Å². The van der Waals surface area contributed by atoms with Gasteiger partial charge in [0.05, 0.1) is 18.8 Å². The summed E-state index contributed by atoms with van der Waals surface area (Å²) in [5, 5.41) is 0. The van der Waals surface area contributed by atoms with Crippen LogP contribution >= 0.6 is 11.8 Å². The van der Waals surface area contributed by atoms with Gasteiger partial charge in [0.2, 0.25) is 11.8 Å². The fourth-order valence-electron chi connectivity index (χ4n) is 2.74. The van der Waals surface area contributed by atoms with Gasteiger partial charge in [-0.2, -0.15) is 0 Å². The monoisotopic (exact) mass is 340 g/mol. The van der Waals surface area contributed by atoms with Crippen LogP contribution in [0, 0.1) is 13.8 Å². The van der Waals surface area contributed by atoms with Crippen molar-refractivity contribution in [1.82, 2.24) is 4.90 Å². The molecule has 1 heterocycles. The average Bonchev–Trinajstić information content (AvgIpc) is 2.55. The van der Waals surface area contributed by atoms with Crippen LogP contribution in [0.4, 0.5) is 5.69 Å². The van der Waals surface area contributed by atoms with E-state index in [1.165, 1.54) is 20.9 Å². The largest absolute Gasteiger partial charge is 0.352 e. The minimum absolute atomic E-state index is 0.169. The van der Waals surface area contributed by atoms with Crippen LogP contribution in [0.25, 0.3) is 0 Å². The highest BCUT2D eigenvalue weighted by Gasteiger charge is 2.29. The lowest BCUT2D eigenvalue weighted by molar-refractivity contribution is -0.143. The van der Waals surface area contributed by atoms with Crippen molar-refractivity contribution in [2.45, 2.75) is 23.6 Å². The van der Waals surface area contributed by atoms with E-state index in [0.29, 0.717) is 0 Å². The highest BCUT2D eigenvalue weighted by atomic mass is 32.2. The summed E-state index contributed by atoms with van der Waals surface area (Å²) in [6, 6.07) is 14.3. The van der Waals surface area contributed by atoms with E-state index in [-0.39, 0.29) is 24.9 Å². The van der Waals surface area contributed by atoms with Crippen LogP contribution < -0.4 is 4.90 Å². The van der Waals surface area contributed by atoms with E-state index < -0.39 is 0 Å². The van der Waals surface area contributed by atoms with Crippen molar-refractivity contribution < 1.29 is 9.59 Å². The lowest BCUT2D eigenvalue weighted by atomic mass is 10.2. The Balaban J connectivity index is 1.91. The molecule has 0 saturated carbocycles. The first kappa shape index (κ1) is 16.6. The molecule has 24 heavy (non-hydrogen) atoms. The standard InChI is InChI=1S/C19H20N2O2S/c1-13-8-9-16(14(2)10-13)24-17-7-5-4-6-15(17)21-11-18(22)20(3)19(23)12-21/h4-10H,11-12H2,1-3H3. The highest BCUT2D eigenvalue weighted by molar-refractivity contribution is 7.99. The Morgan fingerprint density at radius 2 is 1.58 bits per heavy atom. The van der Waals surface area contributed by atoms with Gasteiger partial charge in [-0.1, -0.05) is 41.6 Å². The van der Waals surface area contributed by atoms with Crippen molar-refractivity contribution in [3.05, 3.63) is 53.6 Å². The Hall–Kier alpha value is -2.27. The quantitative estimate of drug-likeness (QED) is 0.804. The summed E-state index contributed by atoms with van der Waals surface area (Å²) in [5.74, 6) is -0.338. The summed E-state index contributed by atoms with van der Waals surface area (Å²) in [6.45, 7) is 4.64. The number of hydrogen-bond acceptors (Lipinski definition) is 4. The molecule has 0 N–H and O–H groups in total. The molecular formula is C19H20N2O2S. The summed E-state index contributed by atoms with van der Waals surface area (Å²) in [4.78, 5) is 29.3. The maximum absolute atomic E-state index is 12.0. The number of anilines is 1. The number of nitrogens with zero attached hydrogens (tertiary/aromatic N) is 2. The van der Waals surface area contributed by atoms with E-state index in [9.17, 15) is 9.59 Å². The van der Waals surface area contributed by atoms with Crippen LogP contribution in [0.1, 0.15) is 11.1 Å². The third-order valence-corrected chi connectivity index (χ3v) is 5.40. The molecule has 3 rings (SSSR count). The lowest BCUT2D eigenvalue weighted by Crippen LogP contribution is -2.52. The second kappa shape index (κ2) is 6.69. The van der Waals surface area contributed by atoms with Crippen LogP contribution in [-0.2, 0) is 9.59 Å². The van der Waals surface area contributed by atoms with E-state index in [1.54, 1.807) is 18.8 Å². The first-order valence-electron chi connectivity index (χ1n) is 7.84. The normalized spacial score (nSPS) is 15.1. The van der Waals surface area contributed by atoms with Crippen molar-refractivity contribution in [2.75, 3.05) is 25.0 Å². The fraction of sp³-hybridized carbons (Fsp3) is 0.263. The van der Waals surface area contributed by atoms with Gasteiger partial charge in [0.1, 0.15) is 0 Å². The van der Waals surface area contributed by atoms with E-state index in [2.05, 4.69) is 32.0 Å². The minimum atomic E-state index is -0.169. The molecule has 2 aromatic rings. The molecule has 4 nitrogen and oxygen atoms in total. The number of hydrogen-bond donors (Lipinski definition) is 0. The molecule has 0 bridgehead atoms. The third-order valence-electron chi connectivity index (χ3n) is 4.16. The first-order valence-corrected chi connectivity index (χ1v) is 8.66. The summed E-state index contributed by atoms with van der Waals surface area (Å²) >= 11 is 1.67. The van der Waals surface area contributed by atoms with E-state index in [1.807, 2.05) is 29.2 Å². The second-order valence-electron chi connectivity index (χ2n) is 6.04. The van der Waals surface area contributed by atoms with E-state index in [4.69, 9.17) is 0 Å². The molecule has 124 valence electrons. The van der Waals surface area contributed by atoms with Gasteiger partial charge >= 0.3 is 0 Å². The number of benzene rings is 2. The van der Waals surface area contributed by atoms with Crippen molar-refractivity contribution in [1.29, 1.82) is 0 Å². The summed E-state index contributed by atoms with van der Waals surface area (Å²) in [5.41, 5.74) is 3.39. The summed E-state index contributed by atoms with van der Waals surface area (Å²) < 4.78 is 0. The molecule has 0 aliphatic carbocycles. The Morgan fingerprint density at radius 3 is 2.25 bits per heavy atom. The molecule has 5 heteroatoms. The Morgan fingerprint density at radius 1 is 0.917 bits per heavy atom. The highest BCUT2D eigenvalue weighted by Crippen LogP contribution is 2.37. The number of carbonyl (C=O) groups is 2. The molecule has 0 aromatic heterocycles. The molecule has 1 aliphatic heterocycles. The number of aryl methyl sites for hydroxylation is 2. The Labute approximate surface area is 146 Å². The number of likely N-dealkylation sites (N-methyl/N-ethyl adjacent to an activating group) is 1. The molecule has 0 radical (unpaired) electrons. The van der Waals surface area contributed by atoms with Gasteiger partial charge in [-0.3, -0.25) is 14.5 Å². The zero-order valence-corrected chi connectivity index (χ0v) is 14.9. The van der Waals surface area contributed by atoms with E-state index in [0.717, 1.165) is 10.6 Å². The maximum Gasteiger partial charge on any atom is 0.248 e. The zero-order valence-electron chi connectivity index (χ0n) is 14.1. The van der Waals surface area contributed by atoms with Crippen LogP contribution in [0.3, 0.4) is 0 Å². The van der Waals surface area contributed by atoms with Crippen LogP contribution in [0.15, 0.2) is 52.3 Å². The van der Waals surface area contributed by atoms with Crippen molar-refractivity contribution >= 4 is 29.3 Å². The van der Waals surface area contributed by atoms with Gasteiger partial charge in [-0.15, -0.1) is 0 Å². The number of imide groups is 1. The average molecular weight is 340 g/mol. The van der Waals surface area contributed by atoms with Crippen LogP contribution in [0.5, 0.6) is 0 Å².